The van der Waals surface area contributed by atoms with Crippen LogP contribution in [0.5, 0.6) is 11.6 Å². The van der Waals surface area contributed by atoms with E-state index < -0.39 is 22.1 Å². The minimum Gasteiger partial charge on any atom is -0.477 e. The van der Waals surface area contributed by atoms with E-state index in [2.05, 4.69) is 4.98 Å². The lowest BCUT2D eigenvalue weighted by Gasteiger charge is -2.09. The Morgan fingerprint density at radius 2 is 2.10 bits per heavy atom. The Bertz CT molecular complexity index is 736. The normalized spacial score (nSPS) is 10.2. The molecule has 1 aromatic heterocycles. The highest BCUT2D eigenvalue weighted by molar-refractivity contribution is 6.35. The lowest BCUT2D eigenvalue weighted by atomic mass is 10.1. The third-order valence-electron chi connectivity index (χ3n) is 2.40. The molecule has 0 amide bonds. The molecule has 0 saturated carbocycles. The highest BCUT2D eigenvalue weighted by atomic mass is 35.5. The number of rotatable bonds is 4. The maximum Gasteiger partial charge on any atom is 0.346 e. The molecule has 0 radical (unpaired) electrons. The summed E-state index contributed by atoms with van der Waals surface area (Å²) in [6, 6.07) is 4.98. The molecule has 0 aliphatic heterocycles. The predicted molar refractivity (Wildman–Crippen MR) is 74.4 cm³/mol. The zero-order valence-corrected chi connectivity index (χ0v) is 11.6. The van der Waals surface area contributed by atoms with Gasteiger partial charge in [0.1, 0.15) is 5.02 Å². The molecule has 0 spiro atoms. The molecule has 2 aromatic rings. The van der Waals surface area contributed by atoms with Crippen molar-refractivity contribution in [2.24, 2.45) is 0 Å². The molecule has 0 aliphatic rings. The molecule has 2 rings (SSSR count). The number of carboxylic acid groups (broad SMARTS) is 1. The molecule has 0 unspecified atom stereocenters. The highest BCUT2D eigenvalue weighted by Gasteiger charge is 2.25. The number of halogens is 2. The fourth-order valence-electron chi connectivity index (χ4n) is 1.55. The molecule has 0 saturated heterocycles. The van der Waals surface area contributed by atoms with Crippen molar-refractivity contribution in [3.05, 3.63) is 56.2 Å². The first-order chi connectivity index (χ1) is 9.90. The third-order valence-corrected chi connectivity index (χ3v) is 2.87. The Kier molecular flexibility index (Phi) is 4.25. The summed E-state index contributed by atoms with van der Waals surface area (Å²) in [6.45, 7) is 0. The van der Waals surface area contributed by atoms with Gasteiger partial charge in [-0.05, 0) is 12.1 Å². The average molecular weight is 329 g/mol. The van der Waals surface area contributed by atoms with Crippen molar-refractivity contribution in [1.82, 2.24) is 4.98 Å². The Hall–Kier alpha value is -2.38. The van der Waals surface area contributed by atoms with Crippen LogP contribution in [0.1, 0.15) is 10.4 Å². The number of pyridine rings is 1. The van der Waals surface area contributed by atoms with Crippen molar-refractivity contribution in [3.8, 4) is 11.6 Å². The van der Waals surface area contributed by atoms with Gasteiger partial charge in [0, 0.05) is 12.3 Å². The number of benzene rings is 1. The molecule has 0 fully saturated rings. The molecule has 1 aromatic carbocycles. The number of nitro groups is 1. The van der Waals surface area contributed by atoms with Crippen LogP contribution in [-0.2, 0) is 0 Å². The van der Waals surface area contributed by atoms with Gasteiger partial charge in [-0.2, -0.15) is 0 Å². The molecular weight excluding hydrogens is 323 g/mol. The molecule has 108 valence electrons. The number of nitro benzene ring substituents is 1. The highest BCUT2D eigenvalue weighted by Crippen LogP contribution is 2.34. The number of ether oxygens (including phenoxy) is 1. The van der Waals surface area contributed by atoms with Gasteiger partial charge in [0.25, 0.3) is 5.69 Å². The number of hydrogen-bond acceptors (Lipinski definition) is 5. The van der Waals surface area contributed by atoms with Gasteiger partial charge in [0.15, 0.2) is 11.3 Å². The minimum atomic E-state index is -1.50. The van der Waals surface area contributed by atoms with Crippen LogP contribution in [0.2, 0.25) is 10.0 Å². The van der Waals surface area contributed by atoms with E-state index in [1.807, 2.05) is 0 Å². The van der Waals surface area contributed by atoms with Crippen LogP contribution in [0.15, 0.2) is 30.5 Å². The minimum absolute atomic E-state index is 0.0466. The smallest absolute Gasteiger partial charge is 0.346 e. The first-order valence-corrected chi connectivity index (χ1v) is 6.15. The van der Waals surface area contributed by atoms with Crippen molar-refractivity contribution in [2.75, 3.05) is 0 Å². The van der Waals surface area contributed by atoms with E-state index in [0.29, 0.717) is 0 Å². The molecule has 21 heavy (non-hydrogen) atoms. The Morgan fingerprint density at radius 1 is 1.38 bits per heavy atom. The number of aromatic carboxylic acids is 1. The van der Waals surface area contributed by atoms with Crippen molar-refractivity contribution >= 4 is 34.9 Å². The van der Waals surface area contributed by atoms with Crippen LogP contribution in [0, 0.1) is 10.1 Å². The number of carboxylic acids is 1. The van der Waals surface area contributed by atoms with E-state index in [9.17, 15) is 14.9 Å². The van der Waals surface area contributed by atoms with Crippen LogP contribution >= 0.6 is 23.2 Å². The van der Waals surface area contributed by atoms with Crippen LogP contribution in [-0.4, -0.2) is 21.0 Å². The Balaban J connectivity index is 2.51. The van der Waals surface area contributed by atoms with Crippen LogP contribution < -0.4 is 4.74 Å². The number of carbonyl (C=O) groups is 1. The molecule has 1 heterocycles. The van der Waals surface area contributed by atoms with Gasteiger partial charge in [-0.1, -0.05) is 29.3 Å². The van der Waals surface area contributed by atoms with Crippen molar-refractivity contribution in [1.29, 1.82) is 0 Å². The second-order valence-corrected chi connectivity index (χ2v) is 4.60. The van der Waals surface area contributed by atoms with E-state index >= 15 is 0 Å². The summed E-state index contributed by atoms with van der Waals surface area (Å²) in [5, 5.41) is 20.3. The first-order valence-electron chi connectivity index (χ1n) is 5.39. The second kappa shape index (κ2) is 5.94. The van der Waals surface area contributed by atoms with Gasteiger partial charge in [-0.3, -0.25) is 10.1 Å². The molecule has 9 heteroatoms. The maximum absolute atomic E-state index is 11.2. The van der Waals surface area contributed by atoms with E-state index in [1.54, 1.807) is 0 Å². The van der Waals surface area contributed by atoms with Gasteiger partial charge in [-0.15, -0.1) is 0 Å². The number of nitrogens with zero attached hydrogens (tertiary/aromatic N) is 2. The summed E-state index contributed by atoms with van der Waals surface area (Å²) in [5.41, 5.74) is -1.18. The van der Waals surface area contributed by atoms with Crippen LogP contribution in [0.4, 0.5) is 5.69 Å². The summed E-state index contributed by atoms with van der Waals surface area (Å²) in [7, 11) is 0. The van der Waals surface area contributed by atoms with Gasteiger partial charge >= 0.3 is 5.97 Å². The summed E-state index contributed by atoms with van der Waals surface area (Å²) >= 11 is 11.5. The monoisotopic (exact) mass is 328 g/mol. The fraction of sp³-hybridized carbons (Fsp3) is 0. The first kappa shape index (κ1) is 15.0. The van der Waals surface area contributed by atoms with Crippen LogP contribution in [0.3, 0.4) is 0 Å². The van der Waals surface area contributed by atoms with Gasteiger partial charge < -0.3 is 9.84 Å². The molecule has 7 nitrogen and oxygen atoms in total. The van der Waals surface area contributed by atoms with E-state index in [-0.39, 0.29) is 21.7 Å². The fourth-order valence-corrected chi connectivity index (χ4v) is 1.97. The predicted octanol–water partition coefficient (Wildman–Crippen LogP) is 3.79. The topological polar surface area (TPSA) is 103 Å². The third kappa shape index (κ3) is 3.21. The van der Waals surface area contributed by atoms with E-state index in [4.69, 9.17) is 33.0 Å². The zero-order valence-electron chi connectivity index (χ0n) is 10.1. The SMILES string of the molecule is O=C(O)c1c(Oc2ncc(Cl)cc2Cl)cccc1[N+](=O)[O-]. The Morgan fingerprint density at radius 3 is 2.67 bits per heavy atom. The summed E-state index contributed by atoms with van der Waals surface area (Å²) in [6.07, 6.45) is 1.25. The van der Waals surface area contributed by atoms with Crippen LogP contribution in [0.25, 0.3) is 0 Å². The van der Waals surface area contributed by atoms with Gasteiger partial charge in [0.05, 0.1) is 9.95 Å². The number of hydrogen-bond donors (Lipinski definition) is 1. The molecule has 0 aliphatic carbocycles. The quantitative estimate of drug-likeness (QED) is 0.676. The molecule has 0 atom stereocenters. The van der Waals surface area contributed by atoms with Gasteiger partial charge in [0.2, 0.25) is 5.88 Å². The van der Waals surface area contributed by atoms with Gasteiger partial charge in [-0.25, -0.2) is 9.78 Å². The standard InChI is InChI=1S/C12H6Cl2N2O5/c13-6-4-7(14)11(15-5-6)21-9-3-1-2-8(16(19)20)10(9)12(17)18/h1-5H,(H,17,18). The van der Waals surface area contributed by atoms with Crippen molar-refractivity contribution in [2.45, 2.75) is 0 Å². The lowest BCUT2D eigenvalue weighted by molar-refractivity contribution is -0.385. The van der Waals surface area contributed by atoms with Crippen molar-refractivity contribution in [3.63, 3.8) is 0 Å². The summed E-state index contributed by atoms with van der Waals surface area (Å²) in [5.74, 6) is -1.85. The lowest BCUT2D eigenvalue weighted by Crippen LogP contribution is -2.05. The van der Waals surface area contributed by atoms with E-state index in [0.717, 1.165) is 6.07 Å². The van der Waals surface area contributed by atoms with E-state index in [1.165, 1.54) is 24.4 Å². The second-order valence-electron chi connectivity index (χ2n) is 3.76. The Labute approximate surface area is 127 Å². The zero-order chi connectivity index (χ0) is 15.6. The average Bonchev–Trinajstić information content (AvgIpc) is 2.41. The summed E-state index contributed by atoms with van der Waals surface area (Å²) in [4.78, 5) is 25.1. The maximum atomic E-state index is 11.2. The molecule has 1 N–H and O–H groups in total. The van der Waals surface area contributed by atoms with Crippen molar-refractivity contribution < 1.29 is 19.6 Å². The molecule has 0 bridgehead atoms. The number of aromatic nitrogens is 1. The summed E-state index contributed by atoms with van der Waals surface area (Å²) < 4.78 is 5.26. The molecular formula is C12H6Cl2N2O5. The largest absolute Gasteiger partial charge is 0.477 e.